The molecule has 0 aromatic heterocycles. The van der Waals surface area contributed by atoms with Crippen molar-refractivity contribution in [3.8, 4) is 17.2 Å². The van der Waals surface area contributed by atoms with Crippen LogP contribution in [0.4, 0.5) is 17.1 Å². The molecule has 1 heterocycles. The van der Waals surface area contributed by atoms with Crippen LogP contribution in [0.1, 0.15) is 15.9 Å². The van der Waals surface area contributed by atoms with Crippen molar-refractivity contribution < 1.29 is 28.6 Å². The van der Waals surface area contributed by atoms with E-state index < -0.39 is 17.7 Å². The van der Waals surface area contributed by atoms with E-state index in [1.54, 1.807) is 55.5 Å². The molecule has 196 valence electrons. The Morgan fingerprint density at radius 3 is 2.24 bits per heavy atom. The van der Waals surface area contributed by atoms with Gasteiger partial charge < -0.3 is 24.8 Å². The Balaban J connectivity index is 1.61. The van der Waals surface area contributed by atoms with Crippen LogP contribution in [0.15, 0.2) is 65.3 Å². The van der Waals surface area contributed by atoms with E-state index in [1.165, 1.54) is 27.4 Å². The lowest BCUT2D eigenvalue weighted by atomic mass is 10.1. The minimum atomic E-state index is -0.720. The summed E-state index contributed by atoms with van der Waals surface area (Å²) in [6.07, 6.45) is 0. The van der Waals surface area contributed by atoms with Crippen LogP contribution in [0.3, 0.4) is 0 Å². The second-order valence-electron chi connectivity index (χ2n) is 8.13. The SMILES string of the molecule is COc1ccc(N2C(=O)C(Cl)=C(Nc3cc(C(=O)Nc4cc(Cl)ccc4OC)ccc3C)C2=O)c(OC)c1. The van der Waals surface area contributed by atoms with Crippen LogP contribution in [-0.4, -0.2) is 39.1 Å². The zero-order valence-corrected chi connectivity index (χ0v) is 22.4. The number of benzene rings is 3. The van der Waals surface area contributed by atoms with Gasteiger partial charge in [0.1, 0.15) is 28.0 Å². The van der Waals surface area contributed by atoms with Crippen LogP contribution < -0.4 is 29.7 Å². The maximum atomic E-state index is 13.3. The van der Waals surface area contributed by atoms with E-state index in [0.717, 1.165) is 4.90 Å². The predicted molar refractivity (Wildman–Crippen MR) is 146 cm³/mol. The van der Waals surface area contributed by atoms with Crippen LogP contribution in [0, 0.1) is 6.92 Å². The first-order valence-corrected chi connectivity index (χ1v) is 12.0. The molecule has 3 amide bonds. The molecule has 0 fully saturated rings. The Kier molecular flexibility index (Phi) is 7.80. The molecule has 11 heteroatoms. The topological polar surface area (TPSA) is 106 Å². The van der Waals surface area contributed by atoms with Crippen molar-refractivity contribution in [2.75, 3.05) is 36.9 Å². The van der Waals surface area contributed by atoms with Crippen LogP contribution >= 0.6 is 23.2 Å². The number of carbonyl (C=O) groups excluding carboxylic acids is 3. The zero-order chi connectivity index (χ0) is 27.6. The molecule has 1 aliphatic heterocycles. The number of hydrogen-bond acceptors (Lipinski definition) is 7. The quantitative estimate of drug-likeness (QED) is 0.360. The van der Waals surface area contributed by atoms with Gasteiger partial charge >= 0.3 is 0 Å². The number of aryl methyl sites for hydroxylation is 1. The maximum Gasteiger partial charge on any atom is 0.283 e. The van der Waals surface area contributed by atoms with E-state index in [2.05, 4.69) is 10.6 Å². The number of imide groups is 1. The number of anilines is 3. The normalized spacial score (nSPS) is 13.1. The number of nitrogens with zero attached hydrogens (tertiary/aromatic N) is 1. The van der Waals surface area contributed by atoms with Gasteiger partial charge in [0.15, 0.2) is 0 Å². The van der Waals surface area contributed by atoms with Gasteiger partial charge in [0.05, 0.1) is 32.7 Å². The third kappa shape index (κ3) is 5.11. The van der Waals surface area contributed by atoms with Gasteiger partial charge in [0.25, 0.3) is 17.7 Å². The van der Waals surface area contributed by atoms with Gasteiger partial charge in [0, 0.05) is 22.3 Å². The zero-order valence-electron chi connectivity index (χ0n) is 20.8. The monoisotopic (exact) mass is 555 g/mol. The van der Waals surface area contributed by atoms with Gasteiger partial charge in [-0.1, -0.05) is 29.3 Å². The first-order chi connectivity index (χ1) is 18.2. The van der Waals surface area contributed by atoms with Crippen molar-refractivity contribution in [1.29, 1.82) is 0 Å². The number of rotatable bonds is 8. The second kappa shape index (κ2) is 11.0. The van der Waals surface area contributed by atoms with Crippen LogP contribution in [-0.2, 0) is 9.59 Å². The highest BCUT2D eigenvalue weighted by Crippen LogP contribution is 2.38. The highest BCUT2D eigenvalue weighted by molar-refractivity contribution is 6.53. The molecule has 0 bridgehead atoms. The molecular weight excluding hydrogens is 533 g/mol. The van der Waals surface area contributed by atoms with Crippen molar-refractivity contribution >= 4 is 58.0 Å². The largest absolute Gasteiger partial charge is 0.497 e. The van der Waals surface area contributed by atoms with Crippen LogP contribution in [0.5, 0.6) is 17.2 Å². The van der Waals surface area contributed by atoms with E-state index in [9.17, 15) is 14.4 Å². The summed E-state index contributed by atoms with van der Waals surface area (Å²) in [5, 5.41) is 5.83. The number of nitrogens with one attached hydrogen (secondary N) is 2. The molecule has 3 aromatic rings. The van der Waals surface area contributed by atoms with E-state index in [4.69, 9.17) is 37.4 Å². The lowest BCUT2D eigenvalue weighted by Gasteiger charge is -2.19. The highest BCUT2D eigenvalue weighted by Gasteiger charge is 2.40. The lowest BCUT2D eigenvalue weighted by molar-refractivity contribution is -0.120. The number of carbonyl (C=O) groups is 3. The molecule has 0 saturated heterocycles. The van der Waals surface area contributed by atoms with Crippen molar-refractivity contribution in [3.05, 3.63) is 81.5 Å². The van der Waals surface area contributed by atoms with Gasteiger partial charge in [-0.25, -0.2) is 4.90 Å². The second-order valence-corrected chi connectivity index (χ2v) is 8.94. The Morgan fingerprint density at radius 2 is 1.55 bits per heavy atom. The first-order valence-electron chi connectivity index (χ1n) is 11.2. The fourth-order valence-electron chi connectivity index (χ4n) is 3.80. The van der Waals surface area contributed by atoms with Gasteiger partial charge in [-0.15, -0.1) is 0 Å². The summed E-state index contributed by atoms with van der Waals surface area (Å²) in [6.45, 7) is 1.78. The first kappa shape index (κ1) is 26.8. The fourth-order valence-corrected chi connectivity index (χ4v) is 4.19. The molecule has 0 aliphatic carbocycles. The van der Waals surface area contributed by atoms with Crippen molar-refractivity contribution in [2.24, 2.45) is 0 Å². The molecule has 9 nitrogen and oxygen atoms in total. The number of hydrogen-bond donors (Lipinski definition) is 2. The molecule has 0 spiro atoms. The Labute approximate surface area is 228 Å². The number of amides is 3. The maximum absolute atomic E-state index is 13.3. The van der Waals surface area contributed by atoms with Gasteiger partial charge in [-0.05, 0) is 55.0 Å². The standard InChI is InChI=1S/C27H23Cl2N3O6/c1-14-5-6-15(25(33)31-19-12-16(28)7-10-21(19)37-3)11-18(14)30-24-23(29)26(34)32(27(24)35)20-9-8-17(36-2)13-22(20)38-4/h5-13,30H,1-4H3,(H,31,33). The Morgan fingerprint density at radius 1 is 0.816 bits per heavy atom. The summed E-state index contributed by atoms with van der Waals surface area (Å²) < 4.78 is 15.8. The third-order valence-electron chi connectivity index (χ3n) is 5.82. The fraction of sp³-hybridized carbons (Fsp3) is 0.148. The summed E-state index contributed by atoms with van der Waals surface area (Å²) in [5.41, 5.74) is 1.87. The number of methoxy groups -OCH3 is 3. The third-order valence-corrected chi connectivity index (χ3v) is 6.41. The van der Waals surface area contributed by atoms with Crippen LogP contribution in [0.25, 0.3) is 0 Å². The summed E-state index contributed by atoms with van der Waals surface area (Å²) >= 11 is 12.4. The summed E-state index contributed by atoms with van der Waals surface area (Å²) in [5.74, 6) is -0.656. The van der Waals surface area contributed by atoms with Crippen LogP contribution in [0.2, 0.25) is 5.02 Å². The molecular formula is C27H23Cl2N3O6. The van der Waals surface area contributed by atoms with Crippen molar-refractivity contribution in [1.82, 2.24) is 0 Å². The molecule has 3 aromatic carbocycles. The van der Waals surface area contributed by atoms with E-state index >= 15 is 0 Å². The molecule has 1 aliphatic rings. The summed E-state index contributed by atoms with van der Waals surface area (Å²) in [7, 11) is 4.38. The van der Waals surface area contributed by atoms with Gasteiger partial charge in [-0.3, -0.25) is 14.4 Å². The van der Waals surface area contributed by atoms with Crippen molar-refractivity contribution in [2.45, 2.75) is 6.92 Å². The summed E-state index contributed by atoms with van der Waals surface area (Å²) in [4.78, 5) is 40.3. The average Bonchev–Trinajstić information content (AvgIpc) is 3.12. The molecule has 0 radical (unpaired) electrons. The van der Waals surface area contributed by atoms with Gasteiger partial charge in [-0.2, -0.15) is 0 Å². The van der Waals surface area contributed by atoms with Gasteiger partial charge in [0.2, 0.25) is 0 Å². The van der Waals surface area contributed by atoms with E-state index in [0.29, 0.717) is 33.5 Å². The molecule has 0 unspecified atom stereocenters. The van der Waals surface area contributed by atoms with E-state index in [-0.39, 0.29) is 27.7 Å². The molecule has 0 saturated carbocycles. The minimum Gasteiger partial charge on any atom is -0.497 e. The van der Waals surface area contributed by atoms with E-state index in [1.807, 2.05) is 0 Å². The molecule has 4 rings (SSSR count). The highest BCUT2D eigenvalue weighted by atomic mass is 35.5. The number of ether oxygens (including phenoxy) is 3. The Hall–Kier alpha value is -4.21. The number of halogens is 2. The predicted octanol–water partition coefficient (Wildman–Crippen LogP) is 5.36. The molecule has 2 N–H and O–H groups in total. The lowest BCUT2D eigenvalue weighted by Crippen LogP contribution is -2.32. The Bertz CT molecular complexity index is 1490. The minimum absolute atomic E-state index is 0.133. The molecule has 0 atom stereocenters. The summed E-state index contributed by atoms with van der Waals surface area (Å²) in [6, 6.07) is 14.4. The molecule has 38 heavy (non-hydrogen) atoms. The average molecular weight is 556 g/mol. The smallest absolute Gasteiger partial charge is 0.283 e. The van der Waals surface area contributed by atoms with Crippen molar-refractivity contribution in [3.63, 3.8) is 0 Å².